The summed E-state index contributed by atoms with van der Waals surface area (Å²) in [6, 6.07) is 15.1. The number of fused-ring (bicyclic) bond motifs is 1. The summed E-state index contributed by atoms with van der Waals surface area (Å²) in [6.07, 6.45) is 0.104. The first kappa shape index (κ1) is 17.5. The maximum atomic E-state index is 13.0. The number of aliphatic imine (C=N–C) groups is 1. The molecule has 0 spiro atoms. The van der Waals surface area contributed by atoms with E-state index in [9.17, 15) is 13.2 Å². The minimum Gasteiger partial charge on any atom is -0.470 e. The lowest BCUT2D eigenvalue weighted by atomic mass is 10.2. The average Bonchev–Trinajstić information content (AvgIpc) is 3.20. The predicted molar refractivity (Wildman–Crippen MR) is 102 cm³/mol. The summed E-state index contributed by atoms with van der Waals surface area (Å²) in [5, 5.41) is 3.07. The van der Waals surface area contributed by atoms with Gasteiger partial charge < -0.3 is 15.0 Å². The summed E-state index contributed by atoms with van der Waals surface area (Å²) in [4.78, 5) is 18.8. The molecule has 8 heteroatoms. The molecule has 0 saturated heterocycles. The van der Waals surface area contributed by atoms with Crippen molar-refractivity contribution in [2.45, 2.75) is 16.8 Å². The number of sulfone groups is 1. The second kappa shape index (κ2) is 7.03. The highest BCUT2D eigenvalue weighted by Gasteiger charge is 2.38. The van der Waals surface area contributed by atoms with Crippen LogP contribution < -0.4 is 15.0 Å². The molecular formula is C19H19N3O4S. The van der Waals surface area contributed by atoms with Crippen molar-refractivity contribution < 1.29 is 17.9 Å². The Hall–Kier alpha value is -2.87. The van der Waals surface area contributed by atoms with Crippen LogP contribution in [0, 0.1) is 0 Å². The van der Waals surface area contributed by atoms with Crippen molar-refractivity contribution in [1.82, 2.24) is 5.32 Å². The molecule has 0 aliphatic carbocycles. The highest BCUT2D eigenvalue weighted by Crippen LogP contribution is 2.36. The zero-order valence-electron chi connectivity index (χ0n) is 14.5. The molecule has 0 radical (unpaired) electrons. The lowest BCUT2D eigenvalue weighted by molar-refractivity contribution is -0.117. The largest absolute Gasteiger partial charge is 0.470 e. The molecular weight excluding hydrogens is 366 g/mol. The number of amidine groups is 1. The summed E-state index contributed by atoms with van der Waals surface area (Å²) in [7, 11) is -3.76. The van der Waals surface area contributed by atoms with E-state index in [1.807, 2.05) is 0 Å². The molecule has 1 unspecified atom stereocenters. The molecule has 0 bridgehead atoms. The van der Waals surface area contributed by atoms with Crippen molar-refractivity contribution in [2.24, 2.45) is 4.99 Å². The number of ether oxygens (including phenoxy) is 1. The highest BCUT2D eigenvalue weighted by molar-refractivity contribution is 7.92. The topological polar surface area (TPSA) is 88.1 Å². The molecule has 0 saturated carbocycles. The fourth-order valence-electron chi connectivity index (χ4n) is 3.17. The Bertz CT molecular complexity index is 989. The van der Waals surface area contributed by atoms with Crippen LogP contribution in [0.2, 0.25) is 0 Å². The average molecular weight is 385 g/mol. The number of carbonyl (C=O) groups excluding carboxylic acids is 1. The van der Waals surface area contributed by atoms with E-state index in [-0.39, 0.29) is 23.8 Å². The lowest BCUT2D eigenvalue weighted by Gasteiger charge is -2.34. The molecule has 140 valence electrons. The Labute approximate surface area is 157 Å². The van der Waals surface area contributed by atoms with Crippen LogP contribution in [0.4, 0.5) is 5.69 Å². The van der Waals surface area contributed by atoms with Crippen molar-refractivity contribution in [1.29, 1.82) is 0 Å². The van der Waals surface area contributed by atoms with Gasteiger partial charge in [0.25, 0.3) is 0 Å². The van der Waals surface area contributed by atoms with Crippen molar-refractivity contribution in [3.05, 3.63) is 54.6 Å². The van der Waals surface area contributed by atoms with Crippen molar-refractivity contribution in [2.75, 3.05) is 24.5 Å². The fourth-order valence-corrected chi connectivity index (χ4v) is 4.59. The SMILES string of the molecule is O=C(CC1=NCCN1)N1CC(S(=O)(=O)c2ccccc2)Oc2ccccc21. The van der Waals surface area contributed by atoms with Gasteiger partial charge in [-0.25, -0.2) is 8.42 Å². The Morgan fingerprint density at radius 2 is 1.89 bits per heavy atom. The first-order chi connectivity index (χ1) is 13.1. The van der Waals surface area contributed by atoms with Gasteiger partial charge in [0.2, 0.25) is 21.2 Å². The second-order valence-electron chi connectivity index (χ2n) is 6.31. The van der Waals surface area contributed by atoms with Crippen LogP contribution in [-0.2, 0) is 14.6 Å². The minimum atomic E-state index is -3.76. The normalized spacial score (nSPS) is 18.9. The van der Waals surface area contributed by atoms with Gasteiger partial charge in [-0.2, -0.15) is 0 Å². The molecule has 1 N–H and O–H groups in total. The zero-order valence-corrected chi connectivity index (χ0v) is 15.4. The minimum absolute atomic E-state index is 0.0691. The van der Waals surface area contributed by atoms with Gasteiger partial charge in [0.05, 0.1) is 30.1 Å². The fraction of sp³-hybridized carbons (Fsp3) is 0.263. The maximum Gasteiger partial charge on any atom is 0.234 e. The Kier molecular flexibility index (Phi) is 4.57. The van der Waals surface area contributed by atoms with Gasteiger partial charge >= 0.3 is 0 Å². The van der Waals surface area contributed by atoms with Gasteiger partial charge in [0.15, 0.2) is 0 Å². The van der Waals surface area contributed by atoms with E-state index in [2.05, 4.69) is 10.3 Å². The van der Waals surface area contributed by atoms with Crippen molar-refractivity contribution in [3.8, 4) is 5.75 Å². The van der Waals surface area contributed by atoms with Gasteiger partial charge in [-0.05, 0) is 24.3 Å². The summed E-state index contributed by atoms with van der Waals surface area (Å²) in [5.74, 6) is 0.793. The molecule has 1 amide bonds. The number of para-hydroxylation sites is 2. The molecule has 2 heterocycles. The Balaban J connectivity index is 1.66. The quantitative estimate of drug-likeness (QED) is 0.864. The van der Waals surface area contributed by atoms with E-state index in [1.54, 1.807) is 42.5 Å². The highest BCUT2D eigenvalue weighted by atomic mass is 32.2. The van der Waals surface area contributed by atoms with Crippen LogP contribution in [0.15, 0.2) is 64.5 Å². The summed E-state index contributed by atoms with van der Waals surface area (Å²) in [5.41, 5.74) is -0.599. The van der Waals surface area contributed by atoms with E-state index in [4.69, 9.17) is 4.74 Å². The van der Waals surface area contributed by atoms with Gasteiger partial charge in [-0.3, -0.25) is 9.79 Å². The zero-order chi connectivity index (χ0) is 18.9. The third-order valence-electron chi connectivity index (χ3n) is 4.53. The van der Waals surface area contributed by atoms with Crippen LogP contribution in [-0.4, -0.2) is 45.2 Å². The van der Waals surface area contributed by atoms with Gasteiger partial charge in [-0.15, -0.1) is 0 Å². The number of hydrogen-bond donors (Lipinski definition) is 1. The molecule has 2 aliphatic rings. The molecule has 7 nitrogen and oxygen atoms in total. The summed E-state index contributed by atoms with van der Waals surface area (Å²) < 4.78 is 31.8. The second-order valence-corrected chi connectivity index (χ2v) is 8.40. The van der Waals surface area contributed by atoms with E-state index in [0.717, 1.165) is 0 Å². The molecule has 2 aromatic carbocycles. The number of benzene rings is 2. The number of rotatable bonds is 4. The number of amides is 1. The van der Waals surface area contributed by atoms with Crippen molar-refractivity contribution in [3.63, 3.8) is 0 Å². The van der Waals surface area contributed by atoms with E-state index in [0.29, 0.717) is 30.4 Å². The maximum absolute atomic E-state index is 13.0. The van der Waals surface area contributed by atoms with Gasteiger partial charge in [0, 0.05) is 6.54 Å². The predicted octanol–water partition coefficient (Wildman–Crippen LogP) is 1.60. The molecule has 27 heavy (non-hydrogen) atoms. The lowest BCUT2D eigenvalue weighted by Crippen LogP contribution is -2.47. The monoisotopic (exact) mass is 385 g/mol. The number of hydrogen-bond acceptors (Lipinski definition) is 6. The molecule has 2 aromatic rings. The Morgan fingerprint density at radius 3 is 2.63 bits per heavy atom. The summed E-state index contributed by atoms with van der Waals surface area (Å²) in [6.45, 7) is 1.29. The molecule has 0 aromatic heterocycles. The molecule has 4 rings (SSSR count). The van der Waals surface area contributed by atoms with Crippen LogP contribution in [0.1, 0.15) is 6.42 Å². The van der Waals surface area contributed by atoms with Crippen LogP contribution in [0.3, 0.4) is 0 Å². The third kappa shape index (κ3) is 3.40. The molecule has 2 aliphatic heterocycles. The molecule has 0 fully saturated rings. The van der Waals surface area contributed by atoms with Gasteiger partial charge in [0.1, 0.15) is 11.6 Å². The van der Waals surface area contributed by atoms with Crippen molar-refractivity contribution >= 4 is 27.3 Å². The van der Waals surface area contributed by atoms with E-state index >= 15 is 0 Å². The van der Waals surface area contributed by atoms with Crippen LogP contribution in [0.5, 0.6) is 5.75 Å². The van der Waals surface area contributed by atoms with Crippen LogP contribution >= 0.6 is 0 Å². The number of nitrogens with zero attached hydrogens (tertiary/aromatic N) is 2. The third-order valence-corrected chi connectivity index (χ3v) is 6.39. The first-order valence-corrected chi connectivity index (χ1v) is 10.2. The first-order valence-electron chi connectivity index (χ1n) is 8.68. The van der Waals surface area contributed by atoms with E-state index < -0.39 is 15.3 Å². The van der Waals surface area contributed by atoms with Crippen LogP contribution in [0.25, 0.3) is 0 Å². The number of carbonyl (C=O) groups is 1. The van der Waals surface area contributed by atoms with Gasteiger partial charge in [-0.1, -0.05) is 30.3 Å². The number of anilines is 1. The Morgan fingerprint density at radius 1 is 1.15 bits per heavy atom. The molecule has 1 atom stereocenters. The standard InChI is InChI=1S/C19H19N3O4S/c23-18(12-17-20-10-11-21-17)22-13-19(26-16-9-5-4-8-15(16)22)27(24,25)14-6-2-1-3-7-14/h1-9,19H,10-13H2,(H,20,21). The number of nitrogens with one attached hydrogen (secondary N) is 1. The smallest absolute Gasteiger partial charge is 0.234 e. The summed E-state index contributed by atoms with van der Waals surface area (Å²) >= 11 is 0. The van der Waals surface area contributed by atoms with E-state index in [1.165, 1.54) is 17.0 Å².